The van der Waals surface area contributed by atoms with Crippen LogP contribution in [-0.2, 0) is 10.0 Å². The Morgan fingerprint density at radius 3 is 2.74 bits per heavy atom. The molecule has 104 valence electrons. The van der Waals surface area contributed by atoms with Crippen molar-refractivity contribution in [3.8, 4) is 0 Å². The molecule has 1 aliphatic rings. The lowest BCUT2D eigenvalue weighted by Crippen LogP contribution is -2.22. The Kier molecular flexibility index (Phi) is 4.17. The van der Waals surface area contributed by atoms with Crippen LogP contribution in [0, 0.1) is 0 Å². The van der Waals surface area contributed by atoms with Gasteiger partial charge in [-0.05, 0) is 18.2 Å². The van der Waals surface area contributed by atoms with Crippen LogP contribution < -0.4 is 5.32 Å². The number of anilines is 1. The first-order chi connectivity index (χ1) is 8.89. The number of nitrogens with zero attached hydrogens (tertiary/aromatic N) is 2. The molecule has 7 heteroatoms. The number of amidine groups is 1. The van der Waals surface area contributed by atoms with Gasteiger partial charge in [-0.15, -0.1) is 0 Å². The first-order valence-electron chi connectivity index (χ1n) is 5.90. The molecule has 0 unspecified atom stereocenters. The zero-order chi connectivity index (χ0) is 14.0. The fourth-order valence-electron chi connectivity index (χ4n) is 1.61. The third-order valence-corrected chi connectivity index (χ3v) is 5.49. The fourth-order valence-corrected chi connectivity index (χ4v) is 3.42. The molecule has 0 saturated heterocycles. The highest BCUT2D eigenvalue weighted by molar-refractivity contribution is 8.15. The Morgan fingerprint density at radius 2 is 2.16 bits per heavy atom. The predicted molar refractivity (Wildman–Crippen MR) is 80.3 cm³/mol. The number of aliphatic imine (C=N–C) groups is 1. The van der Waals surface area contributed by atoms with Crippen molar-refractivity contribution in [2.45, 2.75) is 17.1 Å². The maximum Gasteiger partial charge on any atom is 0.242 e. The third kappa shape index (κ3) is 3.29. The summed E-state index contributed by atoms with van der Waals surface area (Å²) < 4.78 is 25.3. The molecule has 1 N–H and O–H groups in total. The SMILES string of the molecule is C[C@@H]1CN=C(Nc2cccc(S(=O)(=O)N(C)C)c2)S1. The van der Waals surface area contributed by atoms with Gasteiger partial charge in [0.1, 0.15) is 0 Å². The Hall–Kier alpha value is -1.05. The minimum Gasteiger partial charge on any atom is -0.335 e. The summed E-state index contributed by atoms with van der Waals surface area (Å²) in [5.74, 6) is 0. The van der Waals surface area contributed by atoms with Gasteiger partial charge in [0.15, 0.2) is 5.17 Å². The summed E-state index contributed by atoms with van der Waals surface area (Å²) in [6.07, 6.45) is 0. The maximum atomic E-state index is 12.0. The van der Waals surface area contributed by atoms with Crippen LogP contribution in [-0.4, -0.2) is 43.8 Å². The van der Waals surface area contributed by atoms with Gasteiger partial charge in [0.2, 0.25) is 10.0 Å². The topological polar surface area (TPSA) is 61.8 Å². The lowest BCUT2D eigenvalue weighted by molar-refractivity contribution is 0.521. The molecule has 19 heavy (non-hydrogen) atoms. The molecular formula is C12H17N3O2S2. The summed E-state index contributed by atoms with van der Waals surface area (Å²) in [6, 6.07) is 6.78. The highest BCUT2D eigenvalue weighted by Gasteiger charge is 2.18. The van der Waals surface area contributed by atoms with E-state index in [1.165, 1.54) is 18.4 Å². The van der Waals surface area contributed by atoms with E-state index in [0.717, 1.165) is 17.4 Å². The van der Waals surface area contributed by atoms with Crippen LogP contribution in [0.15, 0.2) is 34.2 Å². The van der Waals surface area contributed by atoms with Crippen LogP contribution >= 0.6 is 11.8 Å². The second-order valence-electron chi connectivity index (χ2n) is 4.51. The van der Waals surface area contributed by atoms with Crippen LogP contribution in [0.4, 0.5) is 5.69 Å². The highest BCUT2D eigenvalue weighted by Crippen LogP contribution is 2.23. The summed E-state index contributed by atoms with van der Waals surface area (Å²) >= 11 is 1.66. The smallest absolute Gasteiger partial charge is 0.242 e. The van der Waals surface area contributed by atoms with Gasteiger partial charge in [-0.3, -0.25) is 4.99 Å². The van der Waals surface area contributed by atoms with Crippen molar-refractivity contribution in [1.29, 1.82) is 0 Å². The number of sulfonamides is 1. The molecule has 0 aliphatic carbocycles. The van der Waals surface area contributed by atoms with E-state index in [9.17, 15) is 8.42 Å². The van der Waals surface area contributed by atoms with E-state index in [1.54, 1.807) is 30.0 Å². The first kappa shape index (κ1) is 14.4. The number of hydrogen-bond donors (Lipinski definition) is 1. The van der Waals surface area contributed by atoms with Crippen molar-refractivity contribution in [2.24, 2.45) is 4.99 Å². The van der Waals surface area contributed by atoms with Gasteiger partial charge < -0.3 is 5.32 Å². The van der Waals surface area contributed by atoms with Gasteiger partial charge in [0.25, 0.3) is 0 Å². The zero-order valence-corrected chi connectivity index (χ0v) is 12.8. The Balaban J connectivity index is 2.21. The number of thioether (sulfide) groups is 1. The highest BCUT2D eigenvalue weighted by atomic mass is 32.2. The van der Waals surface area contributed by atoms with E-state index in [-0.39, 0.29) is 4.90 Å². The van der Waals surface area contributed by atoms with Crippen LogP contribution in [0.25, 0.3) is 0 Å². The lowest BCUT2D eigenvalue weighted by atomic mass is 10.3. The standard InChI is InChI=1S/C12H17N3O2S2/c1-9-8-13-12(18-9)14-10-5-4-6-11(7-10)19(16,17)15(2)3/h4-7,9H,8H2,1-3H3,(H,13,14)/t9-/m1/s1. The molecule has 1 aromatic rings. The average Bonchev–Trinajstić information content (AvgIpc) is 2.75. The lowest BCUT2D eigenvalue weighted by Gasteiger charge is -2.13. The summed E-state index contributed by atoms with van der Waals surface area (Å²) in [5.41, 5.74) is 0.739. The predicted octanol–water partition coefficient (Wildman–Crippen LogP) is 1.84. The second-order valence-corrected chi connectivity index (χ2v) is 8.09. The van der Waals surface area contributed by atoms with Crippen molar-refractivity contribution in [2.75, 3.05) is 26.0 Å². The number of nitrogens with one attached hydrogen (secondary N) is 1. The largest absolute Gasteiger partial charge is 0.335 e. The Labute approximate surface area is 118 Å². The summed E-state index contributed by atoms with van der Waals surface area (Å²) in [7, 11) is -0.353. The molecule has 0 radical (unpaired) electrons. The number of hydrogen-bond acceptors (Lipinski definition) is 5. The number of benzene rings is 1. The van der Waals surface area contributed by atoms with E-state index in [0.29, 0.717) is 5.25 Å². The van der Waals surface area contributed by atoms with Crippen molar-refractivity contribution < 1.29 is 8.42 Å². The molecule has 0 spiro atoms. The van der Waals surface area contributed by atoms with Crippen molar-refractivity contribution >= 4 is 32.6 Å². The molecule has 1 aliphatic heterocycles. The van der Waals surface area contributed by atoms with E-state index in [1.807, 2.05) is 6.07 Å². The van der Waals surface area contributed by atoms with E-state index >= 15 is 0 Å². The van der Waals surface area contributed by atoms with Gasteiger partial charge in [0.05, 0.1) is 11.4 Å². The molecule has 1 heterocycles. The van der Waals surface area contributed by atoms with E-state index in [2.05, 4.69) is 17.2 Å². The summed E-state index contributed by atoms with van der Waals surface area (Å²) in [6.45, 7) is 2.90. The second kappa shape index (κ2) is 5.52. The Bertz CT molecular complexity index is 597. The molecule has 0 aromatic heterocycles. The van der Waals surface area contributed by atoms with Crippen molar-refractivity contribution in [3.63, 3.8) is 0 Å². The van der Waals surface area contributed by atoms with Crippen molar-refractivity contribution in [1.82, 2.24) is 4.31 Å². The summed E-state index contributed by atoms with van der Waals surface area (Å²) in [4.78, 5) is 4.62. The van der Waals surface area contributed by atoms with Crippen LogP contribution in [0.1, 0.15) is 6.92 Å². The van der Waals surface area contributed by atoms with Crippen molar-refractivity contribution in [3.05, 3.63) is 24.3 Å². The minimum atomic E-state index is -3.40. The van der Waals surface area contributed by atoms with E-state index in [4.69, 9.17) is 0 Å². The number of rotatable bonds is 3. The van der Waals surface area contributed by atoms with Gasteiger partial charge in [-0.25, -0.2) is 12.7 Å². The molecule has 1 atom stereocenters. The normalized spacial score (nSPS) is 19.6. The van der Waals surface area contributed by atoms with E-state index < -0.39 is 10.0 Å². The third-order valence-electron chi connectivity index (χ3n) is 2.67. The minimum absolute atomic E-state index is 0.277. The molecule has 2 rings (SSSR count). The molecule has 1 aromatic carbocycles. The van der Waals surface area contributed by atoms with Gasteiger partial charge >= 0.3 is 0 Å². The summed E-state index contributed by atoms with van der Waals surface area (Å²) in [5, 5.41) is 4.46. The fraction of sp³-hybridized carbons (Fsp3) is 0.417. The quantitative estimate of drug-likeness (QED) is 0.925. The molecule has 0 amide bonds. The molecule has 0 bridgehead atoms. The average molecular weight is 299 g/mol. The Morgan fingerprint density at radius 1 is 1.42 bits per heavy atom. The van der Waals surface area contributed by atoms with Crippen LogP contribution in [0.5, 0.6) is 0 Å². The van der Waals surface area contributed by atoms with Gasteiger partial charge in [-0.2, -0.15) is 0 Å². The molecular weight excluding hydrogens is 282 g/mol. The van der Waals surface area contributed by atoms with Crippen LogP contribution in [0.2, 0.25) is 0 Å². The van der Waals surface area contributed by atoms with Crippen LogP contribution in [0.3, 0.4) is 0 Å². The van der Waals surface area contributed by atoms with Gasteiger partial charge in [-0.1, -0.05) is 24.8 Å². The molecule has 0 saturated carbocycles. The van der Waals surface area contributed by atoms with Gasteiger partial charge in [0, 0.05) is 25.0 Å². The molecule has 0 fully saturated rings. The zero-order valence-electron chi connectivity index (χ0n) is 11.1. The first-order valence-corrected chi connectivity index (χ1v) is 8.22. The monoisotopic (exact) mass is 299 g/mol. The molecule has 5 nitrogen and oxygen atoms in total. The maximum absolute atomic E-state index is 12.0.